The van der Waals surface area contributed by atoms with E-state index >= 15 is 0 Å². The van der Waals surface area contributed by atoms with Crippen molar-refractivity contribution in [1.29, 1.82) is 0 Å². The van der Waals surface area contributed by atoms with Crippen molar-refractivity contribution in [2.45, 2.75) is 4.90 Å². The second-order valence-corrected chi connectivity index (χ2v) is 7.15. The molecule has 0 aliphatic heterocycles. The van der Waals surface area contributed by atoms with Gasteiger partial charge < -0.3 is 0 Å². The lowest BCUT2D eigenvalue weighted by Crippen LogP contribution is -2.10. The molecule has 0 fully saturated rings. The lowest BCUT2D eigenvalue weighted by molar-refractivity contribution is 0.587. The molecule has 0 aliphatic carbocycles. The molecular weight excluding hydrogens is 354 g/mol. The molecule has 0 saturated carbocycles. The SMILES string of the molecule is Cn1cc(-c2ccn(S(=O)(=O)c3ccccc3)c2)c(Br)n1. The van der Waals surface area contributed by atoms with E-state index in [0.29, 0.717) is 4.60 Å². The Morgan fingerprint density at radius 3 is 2.43 bits per heavy atom. The Labute approximate surface area is 131 Å². The molecule has 1 aromatic carbocycles. The van der Waals surface area contributed by atoms with Crippen molar-refractivity contribution in [2.24, 2.45) is 7.05 Å². The van der Waals surface area contributed by atoms with Crippen LogP contribution < -0.4 is 0 Å². The summed E-state index contributed by atoms with van der Waals surface area (Å²) in [7, 11) is -1.75. The zero-order valence-electron chi connectivity index (χ0n) is 11.1. The van der Waals surface area contributed by atoms with Gasteiger partial charge in [0.2, 0.25) is 0 Å². The van der Waals surface area contributed by atoms with Crippen LogP contribution in [0.5, 0.6) is 0 Å². The van der Waals surface area contributed by atoms with Gasteiger partial charge in [-0.1, -0.05) is 18.2 Å². The van der Waals surface area contributed by atoms with Crippen LogP contribution in [0.25, 0.3) is 11.1 Å². The summed E-state index contributed by atoms with van der Waals surface area (Å²) in [6.45, 7) is 0. The Bertz CT molecular complexity index is 882. The van der Waals surface area contributed by atoms with Crippen molar-refractivity contribution < 1.29 is 8.42 Å². The predicted molar refractivity (Wildman–Crippen MR) is 83.4 cm³/mol. The van der Waals surface area contributed by atoms with Crippen LogP contribution in [0.3, 0.4) is 0 Å². The Kier molecular flexibility index (Phi) is 3.46. The van der Waals surface area contributed by atoms with E-state index in [1.54, 1.807) is 47.3 Å². The van der Waals surface area contributed by atoms with Gasteiger partial charge >= 0.3 is 0 Å². The molecule has 0 atom stereocenters. The molecule has 3 aromatic rings. The maximum absolute atomic E-state index is 12.5. The van der Waals surface area contributed by atoms with Gasteiger partial charge in [-0.3, -0.25) is 4.68 Å². The van der Waals surface area contributed by atoms with Crippen LogP contribution in [-0.2, 0) is 17.1 Å². The number of rotatable bonds is 3. The van der Waals surface area contributed by atoms with E-state index in [1.165, 1.54) is 10.2 Å². The summed E-state index contributed by atoms with van der Waals surface area (Å²) in [5, 5.41) is 4.19. The van der Waals surface area contributed by atoms with Gasteiger partial charge in [-0.2, -0.15) is 5.10 Å². The highest BCUT2D eigenvalue weighted by molar-refractivity contribution is 9.10. The number of nitrogens with zero attached hydrogens (tertiary/aromatic N) is 3. The number of aromatic nitrogens is 3. The van der Waals surface area contributed by atoms with E-state index in [2.05, 4.69) is 21.0 Å². The van der Waals surface area contributed by atoms with Crippen molar-refractivity contribution in [2.75, 3.05) is 0 Å². The van der Waals surface area contributed by atoms with Crippen molar-refractivity contribution in [3.63, 3.8) is 0 Å². The first-order chi connectivity index (χ1) is 9.98. The molecule has 0 unspecified atom stereocenters. The van der Waals surface area contributed by atoms with Crippen molar-refractivity contribution in [1.82, 2.24) is 13.8 Å². The maximum atomic E-state index is 12.5. The fourth-order valence-electron chi connectivity index (χ4n) is 2.05. The van der Waals surface area contributed by atoms with Gasteiger partial charge in [0.25, 0.3) is 10.0 Å². The molecule has 0 aliphatic rings. The van der Waals surface area contributed by atoms with Crippen LogP contribution in [-0.4, -0.2) is 22.2 Å². The molecule has 0 N–H and O–H groups in total. The normalized spacial score (nSPS) is 11.7. The largest absolute Gasteiger partial charge is 0.274 e. The standard InChI is InChI=1S/C14H12BrN3O2S/c1-17-10-13(14(15)16-17)11-7-8-18(9-11)21(19,20)12-5-3-2-4-6-12/h2-10H,1H3. The number of aryl methyl sites for hydroxylation is 1. The molecule has 2 aromatic heterocycles. The molecule has 0 amide bonds. The molecule has 0 spiro atoms. The van der Waals surface area contributed by atoms with Gasteiger partial charge in [-0.25, -0.2) is 12.4 Å². The van der Waals surface area contributed by atoms with Crippen molar-refractivity contribution in [3.05, 3.63) is 59.6 Å². The summed E-state index contributed by atoms with van der Waals surface area (Å²) in [6.07, 6.45) is 4.96. The highest BCUT2D eigenvalue weighted by atomic mass is 79.9. The number of benzene rings is 1. The molecule has 108 valence electrons. The molecule has 7 heteroatoms. The minimum Gasteiger partial charge on any atom is -0.274 e. The third-order valence-electron chi connectivity index (χ3n) is 3.08. The summed E-state index contributed by atoms with van der Waals surface area (Å²) in [5.41, 5.74) is 1.63. The smallest absolute Gasteiger partial charge is 0.267 e. The molecule has 21 heavy (non-hydrogen) atoms. The van der Waals surface area contributed by atoms with E-state index in [9.17, 15) is 8.42 Å². The second-order valence-electron chi connectivity index (χ2n) is 4.56. The van der Waals surface area contributed by atoms with Crippen molar-refractivity contribution >= 4 is 26.0 Å². The van der Waals surface area contributed by atoms with Gasteiger partial charge in [0.05, 0.1) is 4.90 Å². The van der Waals surface area contributed by atoms with Crippen molar-refractivity contribution in [3.8, 4) is 11.1 Å². The minimum absolute atomic E-state index is 0.261. The highest BCUT2D eigenvalue weighted by Crippen LogP contribution is 2.28. The van der Waals surface area contributed by atoms with Gasteiger partial charge in [0.15, 0.2) is 0 Å². The minimum atomic E-state index is -3.56. The van der Waals surface area contributed by atoms with E-state index in [4.69, 9.17) is 0 Å². The first-order valence-electron chi connectivity index (χ1n) is 6.16. The third-order valence-corrected chi connectivity index (χ3v) is 5.32. The van der Waals surface area contributed by atoms with Crippen LogP contribution in [0.2, 0.25) is 0 Å². The monoisotopic (exact) mass is 365 g/mol. The van der Waals surface area contributed by atoms with Crippen LogP contribution >= 0.6 is 15.9 Å². The maximum Gasteiger partial charge on any atom is 0.267 e. The molecule has 5 nitrogen and oxygen atoms in total. The summed E-state index contributed by atoms with van der Waals surface area (Å²) in [5.74, 6) is 0. The molecular formula is C14H12BrN3O2S. The third kappa shape index (κ3) is 2.54. The van der Waals surface area contributed by atoms with Crippen LogP contribution in [0, 0.1) is 0 Å². The number of hydrogen-bond acceptors (Lipinski definition) is 3. The first kappa shape index (κ1) is 14.1. The predicted octanol–water partition coefficient (Wildman–Crippen LogP) is 2.89. The highest BCUT2D eigenvalue weighted by Gasteiger charge is 2.17. The summed E-state index contributed by atoms with van der Waals surface area (Å²) in [6, 6.07) is 10.1. The van der Waals surface area contributed by atoms with Gasteiger partial charge in [0, 0.05) is 36.8 Å². The van der Waals surface area contributed by atoms with Crippen LogP contribution in [0.1, 0.15) is 0 Å². The Morgan fingerprint density at radius 1 is 1.10 bits per heavy atom. The molecule has 3 rings (SSSR count). The van der Waals surface area contributed by atoms with E-state index in [-0.39, 0.29) is 4.90 Å². The lowest BCUT2D eigenvalue weighted by Gasteiger charge is -2.04. The zero-order chi connectivity index (χ0) is 15.0. The quantitative estimate of drug-likeness (QED) is 0.716. The Balaban J connectivity index is 2.05. The molecule has 0 saturated heterocycles. The zero-order valence-corrected chi connectivity index (χ0v) is 13.5. The topological polar surface area (TPSA) is 56.9 Å². The lowest BCUT2D eigenvalue weighted by atomic mass is 10.2. The Morgan fingerprint density at radius 2 is 1.81 bits per heavy atom. The average Bonchev–Trinajstić information content (AvgIpc) is 3.06. The fourth-order valence-corrected chi connectivity index (χ4v) is 3.85. The molecule has 0 radical (unpaired) electrons. The van der Waals surface area contributed by atoms with Crippen LogP contribution in [0.4, 0.5) is 0 Å². The van der Waals surface area contributed by atoms with Gasteiger partial charge in [0.1, 0.15) is 4.60 Å². The summed E-state index contributed by atoms with van der Waals surface area (Å²) >= 11 is 3.37. The molecule has 2 heterocycles. The number of halogens is 1. The van der Waals surface area contributed by atoms with E-state index in [0.717, 1.165) is 11.1 Å². The summed E-state index contributed by atoms with van der Waals surface area (Å²) in [4.78, 5) is 0.261. The van der Waals surface area contributed by atoms with Gasteiger partial charge in [-0.05, 0) is 34.1 Å². The van der Waals surface area contributed by atoms with E-state index < -0.39 is 10.0 Å². The van der Waals surface area contributed by atoms with Crippen LogP contribution in [0.15, 0.2) is 64.5 Å². The molecule has 0 bridgehead atoms. The Hall–Kier alpha value is -1.86. The number of hydrogen-bond donors (Lipinski definition) is 0. The first-order valence-corrected chi connectivity index (χ1v) is 8.40. The average molecular weight is 366 g/mol. The second kappa shape index (κ2) is 5.16. The fraction of sp³-hybridized carbons (Fsp3) is 0.0714. The summed E-state index contributed by atoms with van der Waals surface area (Å²) < 4.78 is 28.6. The van der Waals surface area contributed by atoms with Gasteiger partial charge in [-0.15, -0.1) is 0 Å². The van der Waals surface area contributed by atoms with E-state index in [1.807, 2.05) is 13.2 Å².